The monoisotopic (exact) mass is 667 g/mol. The van der Waals surface area contributed by atoms with Gasteiger partial charge >= 0.3 is 6.09 Å². The maximum absolute atomic E-state index is 12.7. The van der Waals surface area contributed by atoms with Crippen molar-refractivity contribution in [3.63, 3.8) is 0 Å². The van der Waals surface area contributed by atoms with Crippen LogP contribution in [-0.2, 0) is 14.7 Å². The number of carbonyl (C=O) groups excluding carboxylic acids is 1. The quantitative estimate of drug-likeness (QED) is 0.137. The van der Waals surface area contributed by atoms with Crippen molar-refractivity contribution in [1.29, 1.82) is 0 Å². The van der Waals surface area contributed by atoms with Crippen LogP contribution in [0.2, 0.25) is 18.1 Å². The van der Waals surface area contributed by atoms with Gasteiger partial charge in [-0.3, -0.25) is 9.80 Å². The molecular weight excluding hydrogens is 611 g/mol. The third-order valence-electron chi connectivity index (χ3n) is 10.4. The largest absolute Gasteiger partial charge is 0.444 e. The molecule has 0 aromatic heterocycles. The lowest BCUT2D eigenvalue weighted by Crippen LogP contribution is -2.55. The average Bonchev–Trinajstić information content (AvgIpc) is 3.05. The van der Waals surface area contributed by atoms with Gasteiger partial charge in [-0.1, -0.05) is 118 Å². The molecular formula is C41H57N3O3Si. The van der Waals surface area contributed by atoms with E-state index < -0.39 is 19.5 Å². The summed E-state index contributed by atoms with van der Waals surface area (Å²) >= 11 is 0. The summed E-state index contributed by atoms with van der Waals surface area (Å²) in [6, 6.07) is 33.0. The summed E-state index contributed by atoms with van der Waals surface area (Å²) < 4.78 is 12.9. The van der Waals surface area contributed by atoms with Gasteiger partial charge in [-0.05, 0) is 67.6 Å². The summed E-state index contributed by atoms with van der Waals surface area (Å²) in [6.45, 7) is 23.0. The smallest absolute Gasteiger partial charge is 0.410 e. The minimum Gasteiger partial charge on any atom is -0.444 e. The molecule has 0 saturated carbocycles. The van der Waals surface area contributed by atoms with E-state index in [1.807, 2.05) is 25.7 Å². The van der Waals surface area contributed by atoms with Gasteiger partial charge < -0.3 is 14.1 Å². The molecule has 0 spiro atoms. The Morgan fingerprint density at radius 3 is 1.67 bits per heavy atom. The molecule has 2 aliphatic rings. The van der Waals surface area contributed by atoms with Gasteiger partial charge in [0.15, 0.2) is 8.32 Å². The number of piperidine rings is 1. The van der Waals surface area contributed by atoms with E-state index in [1.54, 1.807) is 0 Å². The first kappa shape index (κ1) is 36.1. The highest BCUT2D eigenvalue weighted by Crippen LogP contribution is 2.46. The molecule has 0 aliphatic carbocycles. The Balaban J connectivity index is 1.49. The molecule has 3 aromatic carbocycles. The van der Waals surface area contributed by atoms with Crippen LogP contribution in [0.1, 0.15) is 64.7 Å². The molecule has 1 unspecified atom stereocenters. The van der Waals surface area contributed by atoms with E-state index in [9.17, 15) is 4.79 Å². The highest BCUT2D eigenvalue weighted by atomic mass is 28.4. The van der Waals surface area contributed by atoms with Gasteiger partial charge in [0.1, 0.15) is 5.60 Å². The fourth-order valence-electron chi connectivity index (χ4n) is 6.78. The molecule has 2 aliphatic heterocycles. The zero-order chi connectivity index (χ0) is 34.6. The molecule has 258 valence electrons. The van der Waals surface area contributed by atoms with Crippen molar-refractivity contribution in [3.05, 3.63) is 119 Å². The molecule has 6 nitrogen and oxygen atoms in total. The van der Waals surface area contributed by atoms with Crippen molar-refractivity contribution in [3.8, 4) is 0 Å². The predicted octanol–water partition coefficient (Wildman–Crippen LogP) is 8.55. The molecule has 0 radical (unpaired) electrons. The first-order valence-corrected chi connectivity index (χ1v) is 20.6. The van der Waals surface area contributed by atoms with Gasteiger partial charge in [0.2, 0.25) is 0 Å². The van der Waals surface area contributed by atoms with Crippen LogP contribution >= 0.6 is 0 Å². The van der Waals surface area contributed by atoms with Crippen molar-refractivity contribution in [2.75, 3.05) is 45.8 Å². The predicted molar refractivity (Wildman–Crippen MR) is 200 cm³/mol. The number of hydrogen-bond donors (Lipinski definition) is 0. The lowest BCUT2D eigenvalue weighted by molar-refractivity contribution is 0.0153. The van der Waals surface area contributed by atoms with E-state index in [2.05, 4.69) is 141 Å². The minimum atomic E-state index is -2.03. The van der Waals surface area contributed by atoms with Crippen LogP contribution < -0.4 is 0 Å². The number of piperazine rings is 1. The van der Waals surface area contributed by atoms with Crippen LogP contribution in [0.3, 0.4) is 0 Å². The van der Waals surface area contributed by atoms with E-state index in [1.165, 1.54) is 22.3 Å². The second-order valence-corrected chi connectivity index (χ2v) is 20.7. The fourth-order valence-corrected chi connectivity index (χ4v) is 8.11. The van der Waals surface area contributed by atoms with Crippen LogP contribution in [0.4, 0.5) is 4.79 Å². The molecule has 0 N–H and O–H groups in total. The Labute approximate surface area is 290 Å². The molecule has 7 heteroatoms. The maximum atomic E-state index is 12.7. The Morgan fingerprint density at radius 1 is 0.750 bits per heavy atom. The summed E-state index contributed by atoms with van der Waals surface area (Å²) in [5, 5.41) is 0.120. The molecule has 1 amide bonds. The zero-order valence-corrected chi connectivity index (χ0v) is 31.5. The summed E-state index contributed by atoms with van der Waals surface area (Å²) in [4.78, 5) is 19.7. The third-order valence-corrected chi connectivity index (χ3v) is 14.9. The van der Waals surface area contributed by atoms with E-state index in [0.29, 0.717) is 13.1 Å². The number of hydrogen-bond acceptors (Lipinski definition) is 5. The minimum absolute atomic E-state index is 0.0743. The maximum Gasteiger partial charge on any atom is 0.410 e. The van der Waals surface area contributed by atoms with Crippen LogP contribution in [0, 0.1) is 0 Å². The molecule has 2 saturated heterocycles. The first-order valence-electron chi connectivity index (χ1n) is 17.7. The fraction of sp³-hybridized carbons (Fsp3) is 0.488. The molecule has 48 heavy (non-hydrogen) atoms. The first-order chi connectivity index (χ1) is 22.7. The zero-order valence-electron chi connectivity index (χ0n) is 30.5. The molecule has 5 rings (SSSR count). The molecule has 1 atom stereocenters. The normalized spacial score (nSPS) is 19.8. The summed E-state index contributed by atoms with van der Waals surface area (Å²) in [5.41, 5.74) is 4.20. The number of rotatable bonds is 8. The third kappa shape index (κ3) is 8.13. The van der Waals surface area contributed by atoms with Crippen molar-refractivity contribution >= 4 is 14.4 Å². The lowest BCUT2D eigenvalue weighted by Gasteiger charge is -2.50. The highest BCUT2D eigenvalue weighted by molar-refractivity contribution is 6.74. The molecule has 3 aromatic rings. The van der Waals surface area contributed by atoms with Gasteiger partial charge in [0.05, 0.1) is 11.6 Å². The van der Waals surface area contributed by atoms with Crippen LogP contribution in [0.15, 0.2) is 103 Å². The average molecular weight is 668 g/mol. The Hall–Kier alpha value is -3.23. The standard InChI is InChI=1S/C41H57N3O3Si/c1-39(2,3)46-38(45)43-30-28-42(29-31-43)26-24-33-32-44(27-25-37(33)47-48(7,8)40(4,5)6)41(34-18-12-9-13-19-34,35-20-14-10-15-21-35)36-22-16-11-17-23-36/h9-24,37H,25-32H2,1-8H3. The molecule has 2 fully saturated rings. The Morgan fingerprint density at radius 2 is 1.23 bits per heavy atom. The van der Waals surface area contributed by atoms with E-state index >= 15 is 0 Å². The van der Waals surface area contributed by atoms with Gasteiger partial charge in [0.25, 0.3) is 0 Å². The number of nitrogens with zero attached hydrogens (tertiary/aromatic N) is 3. The SMILES string of the molecule is CC(C)(C)OC(=O)N1CCN(CC=C2CN(C(c3ccccc3)(c3ccccc3)c3ccccc3)CCC2O[Si](C)(C)C(C)(C)C)CC1. The van der Waals surface area contributed by atoms with Gasteiger partial charge in [0, 0.05) is 45.8 Å². The summed E-state index contributed by atoms with van der Waals surface area (Å²) in [7, 11) is -2.03. The van der Waals surface area contributed by atoms with Crippen molar-refractivity contribution in [2.45, 2.75) is 83.3 Å². The van der Waals surface area contributed by atoms with Crippen molar-refractivity contribution in [2.24, 2.45) is 0 Å². The van der Waals surface area contributed by atoms with Gasteiger partial charge in [-0.2, -0.15) is 0 Å². The second kappa shape index (κ2) is 14.7. The Kier molecular flexibility index (Phi) is 11.1. The van der Waals surface area contributed by atoms with E-state index in [4.69, 9.17) is 9.16 Å². The van der Waals surface area contributed by atoms with Crippen molar-refractivity contribution in [1.82, 2.24) is 14.7 Å². The van der Waals surface area contributed by atoms with Crippen LogP contribution in [-0.4, -0.2) is 86.6 Å². The number of carbonyl (C=O) groups is 1. The van der Waals surface area contributed by atoms with E-state index in [-0.39, 0.29) is 17.2 Å². The molecule has 2 heterocycles. The lowest BCUT2D eigenvalue weighted by atomic mass is 9.74. The van der Waals surface area contributed by atoms with Crippen molar-refractivity contribution < 1.29 is 14.0 Å². The second-order valence-electron chi connectivity index (χ2n) is 15.9. The summed E-state index contributed by atoms with van der Waals surface area (Å²) in [6.07, 6.45) is 3.23. The number of benzene rings is 3. The van der Waals surface area contributed by atoms with Crippen LogP contribution in [0.25, 0.3) is 0 Å². The topological polar surface area (TPSA) is 45.2 Å². The van der Waals surface area contributed by atoms with Crippen LogP contribution in [0.5, 0.6) is 0 Å². The van der Waals surface area contributed by atoms with E-state index in [0.717, 1.165) is 39.1 Å². The molecule has 0 bridgehead atoms. The number of amides is 1. The van der Waals surface area contributed by atoms with Gasteiger partial charge in [-0.15, -0.1) is 0 Å². The number of ether oxygens (including phenoxy) is 1. The highest BCUT2D eigenvalue weighted by Gasteiger charge is 2.46. The summed E-state index contributed by atoms with van der Waals surface area (Å²) in [5.74, 6) is 0. The number of likely N-dealkylation sites (tertiary alicyclic amines) is 1. The Bertz CT molecular complexity index is 1410. The van der Waals surface area contributed by atoms with Gasteiger partial charge in [-0.25, -0.2) is 4.79 Å².